The van der Waals surface area contributed by atoms with Crippen LogP contribution < -0.4 is 15.4 Å². The summed E-state index contributed by atoms with van der Waals surface area (Å²) in [4.78, 5) is 11.5. The Labute approximate surface area is 196 Å². The minimum atomic E-state index is 0. The normalized spacial score (nSPS) is 17.3. The van der Waals surface area contributed by atoms with E-state index in [4.69, 9.17) is 4.74 Å². The first-order valence-corrected chi connectivity index (χ1v) is 10.5. The molecule has 3 N–H and O–H groups in total. The first-order chi connectivity index (χ1) is 14.2. The topological polar surface area (TPSA) is 90.5 Å². The predicted octanol–water partition coefficient (Wildman–Crippen LogP) is 3.03. The Hall–Kier alpha value is -1.88. The Morgan fingerprint density at radius 2 is 2.07 bits per heavy atom. The minimum absolute atomic E-state index is 0. The van der Waals surface area contributed by atoms with Gasteiger partial charge in [0, 0.05) is 31.7 Å². The molecule has 1 saturated heterocycles. The number of aromatic nitrogens is 3. The number of benzene rings is 1. The van der Waals surface area contributed by atoms with Gasteiger partial charge in [-0.05, 0) is 50.1 Å². The molecule has 1 atom stereocenters. The Morgan fingerprint density at radius 1 is 1.27 bits per heavy atom. The van der Waals surface area contributed by atoms with E-state index < -0.39 is 0 Å². The zero-order valence-corrected chi connectivity index (χ0v) is 20.5. The van der Waals surface area contributed by atoms with E-state index in [1.54, 1.807) is 14.2 Å². The van der Waals surface area contributed by atoms with Crippen LogP contribution in [0.1, 0.15) is 38.4 Å². The van der Waals surface area contributed by atoms with Crippen LogP contribution in [0.5, 0.6) is 5.75 Å². The first-order valence-electron chi connectivity index (χ1n) is 10.5. The number of aromatic amines is 1. The van der Waals surface area contributed by atoms with Crippen molar-refractivity contribution in [2.45, 2.75) is 45.2 Å². The van der Waals surface area contributed by atoms with Crippen molar-refractivity contribution in [1.82, 2.24) is 30.7 Å². The molecule has 0 bridgehead atoms. The summed E-state index contributed by atoms with van der Waals surface area (Å²) in [6.45, 7) is 5.95. The number of ether oxygens (including phenoxy) is 1. The molecule has 0 spiro atoms. The van der Waals surface area contributed by atoms with Gasteiger partial charge in [0.15, 0.2) is 11.8 Å². The molecule has 0 radical (unpaired) electrons. The van der Waals surface area contributed by atoms with Crippen molar-refractivity contribution in [2.75, 3.05) is 33.8 Å². The van der Waals surface area contributed by atoms with Crippen LogP contribution in [0.3, 0.4) is 0 Å². The molecule has 2 heterocycles. The van der Waals surface area contributed by atoms with Crippen molar-refractivity contribution >= 4 is 29.9 Å². The van der Waals surface area contributed by atoms with Gasteiger partial charge >= 0.3 is 0 Å². The molecule has 0 aliphatic carbocycles. The smallest absolute Gasteiger partial charge is 0.191 e. The van der Waals surface area contributed by atoms with Gasteiger partial charge in [-0.3, -0.25) is 15.0 Å². The lowest BCUT2D eigenvalue weighted by atomic mass is 10.0. The highest BCUT2D eigenvalue weighted by molar-refractivity contribution is 14.0. The van der Waals surface area contributed by atoms with Gasteiger partial charge in [-0.25, -0.2) is 4.98 Å². The fraction of sp³-hybridized carbons (Fsp3) is 0.571. The maximum atomic E-state index is 5.19. The van der Waals surface area contributed by atoms with E-state index in [0.717, 1.165) is 42.2 Å². The molecule has 1 fully saturated rings. The average molecular weight is 527 g/mol. The number of aliphatic imine (C=N–C) groups is 1. The fourth-order valence-corrected chi connectivity index (χ4v) is 3.77. The van der Waals surface area contributed by atoms with E-state index in [-0.39, 0.29) is 24.0 Å². The third-order valence-electron chi connectivity index (χ3n) is 5.44. The number of hydrogen-bond donors (Lipinski definition) is 3. The summed E-state index contributed by atoms with van der Waals surface area (Å²) in [7, 11) is 3.44. The Bertz CT molecular complexity index is 778. The third-order valence-corrected chi connectivity index (χ3v) is 5.44. The molecule has 2 aromatic rings. The summed E-state index contributed by atoms with van der Waals surface area (Å²) >= 11 is 0. The van der Waals surface area contributed by atoms with Crippen LogP contribution in [0, 0.1) is 0 Å². The van der Waals surface area contributed by atoms with Crippen LogP contribution in [0.2, 0.25) is 0 Å². The number of nitrogens with one attached hydrogen (secondary N) is 3. The maximum absolute atomic E-state index is 5.19. The molecule has 3 rings (SSSR count). The number of guanidine groups is 1. The predicted molar refractivity (Wildman–Crippen MR) is 131 cm³/mol. The lowest BCUT2D eigenvalue weighted by molar-refractivity contribution is 0.147. The van der Waals surface area contributed by atoms with Gasteiger partial charge in [-0.1, -0.05) is 13.3 Å². The highest BCUT2D eigenvalue weighted by atomic mass is 127. The number of likely N-dealkylation sites (tertiary alicyclic amines) is 1. The summed E-state index contributed by atoms with van der Waals surface area (Å²) in [5.41, 5.74) is 0.947. The molecule has 0 saturated carbocycles. The largest absolute Gasteiger partial charge is 0.497 e. The highest BCUT2D eigenvalue weighted by Crippen LogP contribution is 2.19. The summed E-state index contributed by atoms with van der Waals surface area (Å²) in [6.07, 6.45) is 5.23. The number of rotatable bonds is 8. The van der Waals surface area contributed by atoms with Gasteiger partial charge in [-0.15, -0.1) is 24.0 Å². The number of halogens is 1. The van der Waals surface area contributed by atoms with Crippen molar-refractivity contribution < 1.29 is 4.74 Å². The van der Waals surface area contributed by atoms with Gasteiger partial charge in [0.1, 0.15) is 11.6 Å². The molecule has 9 heteroatoms. The highest BCUT2D eigenvalue weighted by Gasteiger charge is 2.20. The molecule has 30 heavy (non-hydrogen) atoms. The lowest BCUT2D eigenvalue weighted by Gasteiger charge is -2.35. The Kier molecular flexibility index (Phi) is 10.4. The monoisotopic (exact) mass is 527 g/mol. The van der Waals surface area contributed by atoms with Gasteiger partial charge in [0.2, 0.25) is 0 Å². The Balaban J connectivity index is 0.00000320. The van der Waals surface area contributed by atoms with Crippen LogP contribution in [0.25, 0.3) is 11.4 Å². The van der Waals surface area contributed by atoms with E-state index in [1.165, 1.54) is 32.2 Å². The number of piperidine rings is 1. The van der Waals surface area contributed by atoms with Crippen molar-refractivity contribution in [1.29, 1.82) is 0 Å². The minimum Gasteiger partial charge on any atom is -0.497 e. The molecule has 1 aliphatic heterocycles. The van der Waals surface area contributed by atoms with E-state index in [2.05, 4.69) is 42.6 Å². The number of methoxy groups -OCH3 is 1. The lowest BCUT2D eigenvalue weighted by Crippen LogP contribution is -2.45. The van der Waals surface area contributed by atoms with Crippen LogP contribution in [0.15, 0.2) is 29.3 Å². The standard InChI is InChI=1S/C21H33N7O.HI/c1-4-17-7-5-6-13-28(17)14-12-23-21(22-2)24-15-19-25-20(27-26-19)16-8-10-18(29-3)11-9-16;/h8-11,17H,4-7,12-15H2,1-3H3,(H2,22,23,24)(H,25,26,27);1H. The maximum Gasteiger partial charge on any atom is 0.191 e. The average Bonchev–Trinajstić information content (AvgIpc) is 3.25. The second-order valence-electron chi connectivity index (χ2n) is 7.28. The second kappa shape index (κ2) is 12.7. The zero-order chi connectivity index (χ0) is 20.5. The van der Waals surface area contributed by atoms with E-state index in [0.29, 0.717) is 12.4 Å². The van der Waals surface area contributed by atoms with E-state index in [1.807, 2.05) is 24.3 Å². The van der Waals surface area contributed by atoms with Crippen molar-refractivity contribution in [3.05, 3.63) is 30.1 Å². The van der Waals surface area contributed by atoms with Gasteiger partial charge in [-0.2, -0.15) is 5.10 Å². The number of H-pyrrole nitrogens is 1. The second-order valence-corrected chi connectivity index (χ2v) is 7.28. The van der Waals surface area contributed by atoms with Gasteiger partial charge < -0.3 is 15.4 Å². The molecule has 8 nitrogen and oxygen atoms in total. The SMILES string of the molecule is CCC1CCCCN1CCNC(=NC)NCc1nc(-c2ccc(OC)cc2)n[nH]1.I. The van der Waals surface area contributed by atoms with Gasteiger partial charge in [0.05, 0.1) is 13.7 Å². The molecular weight excluding hydrogens is 493 g/mol. The summed E-state index contributed by atoms with van der Waals surface area (Å²) in [5, 5.41) is 14.0. The first kappa shape index (κ1) is 24.4. The van der Waals surface area contributed by atoms with Gasteiger partial charge in [0.25, 0.3) is 0 Å². The van der Waals surface area contributed by atoms with Crippen molar-refractivity contribution in [3.63, 3.8) is 0 Å². The number of hydrogen-bond acceptors (Lipinski definition) is 5. The van der Waals surface area contributed by atoms with E-state index in [9.17, 15) is 0 Å². The summed E-state index contributed by atoms with van der Waals surface area (Å²) < 4.78 is 5.19. The molecule has 1 aromatic carbocycles. The third kappa shape index (κ3) is 6.83. The molecule has 0 amide bonds. The quantitative estimate of drug-likeness (QED) is 0.278. The van der Waals surface area contributed by atoms with Crippen LogP contribution in [0.4, 0.5) is 0 Å². The fourth-order valence-electron chi connectivity index (χ4n) is 3.77. The molecule has 1 unspecified atom stereocenters. The zero-order valence-electron chi connectivity index (χ0n) is 18.1. The molecule has 1 aliphatic rings. The van der Waals surface area contributed by atoms with Crippen molar-refractivity contribution in [2.24, 2.45) is 4.99 Å². The number of nitrogens with zero attached hydrogens (tertiary/aromatic N) is 4. The molecular formula is C21H34IN7O. The van der Waals surface area contributed by atoms with Crippen LogP contribution in [-0.4, -0.2) is 65.9 Å². The summed E-state index contributed by atoms with van der Waals surface area (Å²) in [5.74, 6) is 3.03. The molecule has 166 valence electrons. The van der Waals surface area contributed by atoms with Crippen molar-refractivity contribution in [3.8, 4) is 17.1 Å². The molecule has 1 aromatic heterocycles. The van der Waals surface area contributed by atoms with Crippen LogP contribution >= 0.6 is 24.0 Å². The van der Waals surface area contributed by atoms with E-state index >= 15 is 0 Å². The van der Waals surface area contributed by atoms with Crippen LogP contribution in [-0.2, 0) is 6.54 Å². The summed E-state index contributed by atoms with van der Waals surface area (Å²) in [6, 6.07) is 8.43. The Morgan fingerprint density at radius 3 is 2.77 bits per heavy atom.